The van der Waals surface area contributed by atoms with Gasteiger partial charge in [-0.05, 0) is 36.8 Å². The average molecular weight is 353 g/mol. The first kappa shape index (κ1) is 15.3. The Morgan fingerprint density at radius 1 is 1.33 bits per heavy atom. The van der Waals surface area contributed by atoms with E-state index in [1.165, 1.54) is 12.1 Å². The summed E-state index contributed by atoms with van der Waals surface area (Å²) in [5, 5.41) is 2.70. The molecule has 0 spiro atoms. The van der Waals surface area contributed by atoms with Crippen LogP contribution in [0.3, 0.4) is 0 Å². The standard InChI is InChI=1S/C15H14BrFN2O2/c1-9-2-3-12(18)7-14(9)19-15(20)8-21-13-5-10(16)4-11(17)6-13/h2-7H,8,18H2,1H3,(H,19,20). The molecule has 2 aromatic carbocycles. The van der Waals surface area contributed by atoms with Gasteiger partial charge in [-0.25, -0.2) is 4.39 Å². The molecule has 6 heteroatoms. The second-order valence-electron chi connectivity index (χ2n) is 4.52. The van der Waals surface area contributed by atoms with Crippen LogP contribution in [0.1, 0.15) is 5.56 Å². The highest BCUT2D eigenvalue weighted by Crippen LogP contribution is 2.21. The number of carbonyl (C=O) groups excluding carboxylic acids is 1. The lowest BCUT2D eigenvalue weighted by molar-refractivity contribution is -0.118. The molecule has 4 nitrogen and oxygen atoms in total. The molecule has 0 aliphatic rings. The maximum atomic E-state index is 13.2. The summed E-state index contributed by atoms with van der Waals surface area (Å²) in [7, 11) is 0. The van der Waals surface area contributed by atoms with Gasteiger partial charge in [0, 0.05) is 21.9 Å². The maximum Gasteiger partial charge on any atom is 0.262 e. The van der Waals surface area contributed by atoms with Crippen molar-refractivity contribution < 1.29 is 13.9 Å². The topological polar surface area (TPSA) is 64.3 Å². The van der Waals surface area contributed by atoms with Crippen LogP contribution >= 0.6 is 15.9 Å². The van der Waals surface area contributed by atoms with Crippen LogP contribution < -0.4 is 15.8 Å². The highest BCUT2D eigenvalue weighted by Gasteiger charge is 2.07. The summed E-state index contributed by atoms with van der Waals surface area (Å²) in [5.74, 6) is -0.503. The van der Waals surface area contributed by atoms with E-state index in [0.29, 0.717) is 15.8 Å². The summed E-state index contributed by atoms with van der Waals surface area (Å²) in [6.07, 6.45) is 0. The van der Waals surface area contributed by atoms with Crippen LogP contribution in [-0.4, -0.2) is 12.5 Å². The Labute approximate surface area is 130 Å². The van der Waals surface area contributed by atoms with Gasteiger partial charge in [0.05, 0.1) is 0 Å². The van der Waals surface area contributed by atoms with Crippen molar-refractivity contribution in [1.29, 1.82) is 0 Å². The Bertz CT molecular complexity index is 656. The van der Waals surface area contributed by atoms with E-state index in [0.717, 1.165) is 5.56 Å². The molecule has 0 bridgehead atoms. The Morgan fingerprint density at radius 3 is 2.81 bits per heavy atom. The number of benzene rings is 2. The first-order valence-corrected chi connectivity index (χ1v) is 6.98. The Morgan fingerprint density at radius 2 is 2.10 bits per heavy atom. The fourth-order valence-electron chi connectivity index (χ4n) is 1.72. The van der Waals surface area contributed by atoms with Crippen molar-refractivity contribution in [1.82, 2.24) is 0 Å². The highest BCUT2D eigenvalue weighted by molar-refractivity contribution is 9.10. The first-order chi connectivity index (χ1) is 9.94. The number of hydrogen-bond acceptors (Lipinski definition) is 3. The van der Waals surface area contributed by atoms with Crippen molar-refractivity contribution in [2.24, 2.45) is 0 Å². The summed E-state index contributed by atoms with van der Waals surface area (Å²) in [4.78, 5) is 11.8. The van der Waals surface area contributed by atoms with Crippen LogP contribution in [0.2, 0.25) is 0 Å². The van der Waals surface area contributed by atoms with Crippen LogP contribution in [0.5, 0.6) is 5.75 Å². The molecule has 21 heavy (non-hydrogen) atoms. The van der Waals surface area contributed by atoms with E-state index in [1.807, 2.05) is 13.0 Å². The molecule has 0 unspecified atom stereocenters. The summed E-state index contributed by atoms with van der Waals surface area (Å²) in [5.41, 5.74) is 7.76. The van der Waals surface area contributed by atoms with E-state index >= 15 is 0 Å². The van der Waals surface area contributed by atoms with Gasteiger partial charge >= 0.3 is 0 Å². The number of halogens is 2. The molecule has 110 valence electrons. The number of ether oxygens (including phenoxy) is 1. The number of nitrogens with two attached hydrogens (primary N) is 1. The molecular formula is C15H14BrFN2O2. The van der Waals surface area contributed by atoms with Gasteiger partial charge in [-0.2, -0.15) is 0 Å². The number of anilines is 2. The molecule has 0 atom stereocenters. The molecule has 0 aliphatic carbocycles. The molecule has 0 radical (unpaired) electrons. The second kappa shape index (κ2) is 6.58. The third kappa shape index (κ3) is 4.46. The number of nitrogen functional groups attached to an aromatic ring is 1. The number of carbonyl (C=O) groups is 1. The lowest BCUT2D eigenvalue weighted by Crippen LogP contribution is -2.20. The van der Waals surface area contributed by atoms with E-state index in [1.54, 1.807) is 18.2 Å². The van der Waals surface area contributed by atoms with Crippen molar-refractivity contribution in [2.75, 3.05) is 17.7 Å². The number of rotatable bonds is 4. The Hall–Kier alpha value is -2.08. The van der Waals surface area contributed by atoms with Crippen LogP contribution in [0.4, 0.5) is 15.8 Å². The third-order valence-corrected chi connectivity index (χ3v) is 3.20. The molecule has 0 aromatic heterocycles. The minimum Gasteiger partial charge on any atom is -0.484 e. The Kier molecular flexibility index (Phi) is 4.80. The van der Waals surface area contributed by atoms with Gasteiger partial charge in [0.2, 0.25) is 0 Å². The first-order valence-electron chi connectivity index (χ1n) is 6.19. The molecule has 2 aromatic rings. The van der Waals surface area contributed by atoms with E-state index in [-0.39, 0.29) is 18.3 Å². The molecule has 0 saturated carbocycles. The highest BCUT2D eigenvalue weighted by atomic mass is 79.9. The predicted octanol–water partition coefficient (Wildman–Crippen LogP) is 3.50. The van der Waals surface area contributed by atoms with Crippen molar-refractivity contribution >= 4 is 33.2 Å². The van der Waals surface area contributed by atoms with Gasteiger partial charge < -0.3 is 15.8 Å². The van der Waals surface area contributed by atoms with Gasteiger partial charge in [-0.1, -0.05) is 22.0 Å². The van der Waals surface area contributed by atoms with Gasteiger partial charge in [0.15, 0.2) is 6.61 Å². The lowest BCUT2D eigenvalue weighted by Gasteiger charge is -2.10. The van der Waals surface area contributed by atoms with E-state index < -0.39 is 5.82 Å². The van der Waals surface area contributed by atoms with E-state index in [2.05, 4.69) is 21.2 Å². The smallest absolute Gasteiger partial charge is 0.262 e. The van der Waals surface area contributed by atoms with E-state index in [4.69, 9.17) is 10.5 Å². The lowest BCUT2D eigenvalue weighted by atomic mass is 10.2. The van der Waals surface area contributed by atoms with Crippen molar-refractivity contribution in [3.63, 3.8) is 0 Å². The molecule has 3 N–H and O–H groups in total. The Balaban J connectivity index is 1.97. The molecular weight excluding hydrogens is 339 g/mol. The predicted molar refractivity (Wildman–Crippen MR) is 83.8 cm³/mol. The SMILES string of the molecule is Cc1ccc(N)cc1NC(=O)COc1cc(F)cc(Br)c1. The zero-order chi connectivity index (χ0) is 15.4. The number of nitrogens with one attached hydrogen (secondary N) is 1. The minimum absolute atomic E-state index is 0.218. The molecule has 0 fully saturated rings. The molecule has 0 heterocycles. The third-order valence-electron chi connectivity index (χ3n) is 2.74. The zero-order valence-electron chi connectivity index (χ0n) is 11.3. The molecule has 0 aliphatic heterocycles. The number of hydrogen-bond donors (Lipinski definition) is 2. The van der Waals surface area contributed by atoms with Crippen LogP contribution in [0, 0.1) is 12.7 Å². The number of aryl methyl sites for hydroxylation is 1. The van der Waals surface area contributed by atoms with Crippen LogP contribution in [0.25, 0.3) is 0 Å². The maximum absolute atomic E-state index is 13.2. The summed E-state index contributed by atoms with van der Waals surface area (Å²) >= 11 is 3.16. The second-order valence-corrected chi connectivity index (χ2v) is 5.43. The monoisotopic (exact) mass is 352 g/mol. The van der Waals surface area contributed by atoms with Crippen molar-refractivity contribution in [3.8, 4) is 5.75 Å². The molecule has 0 saturated heterocycles. The fraction of sp³-hybridized carbons (Fsp3) is 0.133. The van der Waals surface area contributed by atoms with E-state index in [9.17, 15) is 9.18 Å². The normalized spacial score (nSPS) is 10.2. The summed E-state index contributed by atoms with van der Waals surface area (Å²) in [6, 6.07) is 9.35. The largest absolute Gasteiger partial charge is 0.484 e. The minimum atomic E-state index is -0.438. The fourth-order valence-corrected chi connectivity index (χ4v) is 2.17. The zero-order valence-corrected chi connectivity index (χ0v) is 12.9. The van der Waals surface area contributed by atoms with Crippen LogP contribution in [0.15, 0.2) is 40.9 Å². The van der Waals surface area contributed by atoms with Gasteiger partial charge in [0.1, 0.15) is 11.6 Å². The number of amides is 1. The van der Waals surface area contributed by atoms with Crippen LogP contribution in [-0.2, 0) is 4.79 Å². The van der Waals surface area contributed by atoms with Gasteiger partial charge in [0.25, 0.3) is 5.91 Å². The van der Waals surface area contributed by atoms with Gasteiger partial charge in [-0.3, -0.25) is 4.79 Å². The summed E-state index contributed by atoms with van der Waals surface area (Å²) in [6.45, 7) is 1.64. The molecule has 1 amide bonds. The average Bonchev–Trinajstić information content (AvgIpc) is 2.40. The van der Waals surface area contributed by atoms with Gasteiger partial charge in [-0.15, -0.1) is 0 Å². The van der Waals surface area contributed by atoms with Crippen molar-refractivity contribution in [2.45, 2.75) is 6.92 Å². The molecule has 2 rings (SSSR count). The summed E-state index contributed by atoms with van der Waals surface area (Å²) < 4.78 is 19.0. The quantitative estimate of drug-likeness (QED) is 0.827. The van der Waals surface area contributed by atoms with Crippen molar-refractivity contribution in [3.05, 3.63) is 52.3 Å².